The minimum atomic E-state index is -3.68. The van der Waals surface area contributed by atoms with Crippen molar-refractivity contribution in [1.82, 2.24) is 25.2 Å². The van der Waals surface area contributed by atoms with E-state index in [9.17, 15) is 23.7 Å². The van der Waals surface area contributed by atoms with E-state index in [-0.39, 0.29) is 47.9 Å². The van der Waals surface area contributed by atoms with E-state index in [0.29, 0.717) is 48.5 Å². The number of nitrogens with zero attached hydrogens (tertiary/aromatic N) is 3. The van der Waals surface area contributed by atoms with Crippen molar-refractivity contribution >= 4 is 52.6 Å². The maximum Gasteiger partial charge on any atom is 0.323 e. The number of para-hydroxylation sites is 1. The van der Waals surface area contributed by atoms with Gasteiger partial charge in [0.1, 0.15) is 23.9 Å². The van der Waals surface area contributed by atoms with Gasteiger partial charge in [-0.05, 0) is 117 Å². The summed E-state index contributed by atoms with van der Waals surface area (Å²) < 4.78 is 26.5. The number of likely N-dealkylation sites (tertiary alicyclic amines) is 1. The molecule has 0 radical (unpaired) electrons. The number of hydrogen-bond acceptors (Lipinski definition) is 9. The first kappa shape index (κ1) is 39.3. The van der Waals surface area contributed by atoms with Crippen LogP contribution in [0, 0.1) is 5.41 Å². The lowest BCUT2D eigenvalue weighted by atomic mass is 9.86. The van der Waals surface area contributed by atoms with Crippen LogP contribution >= 0.6 is 18.9 Å². The minimum Gasteiger partial charge on any atom is -0.465 e. The highest BCUT2D eigenvalue weighted by atomic mass is 32.1. The third-order valence-corrected chi connectivity index (χ3v) is 15.2. The molecule has 4 fully saturated rings. The second-order valence-electron chi connectivity index (χ2n) is 16.2. The number of carbonyl (C=O) groups excluding carboxylic acids is 4. The van der Waals surface area contributed by atoms with Crippen LogP contribution in [-0.2, 0) is 29.8 Å². The molecule has 57 heavy (non-hydrogen) atoms. The predicted molar refractivity (Wildman–Crippen MR) is 218 cm³/mol. The number of amides is 3. The van der Waals surface area contributed by atoms with E-state index in [0.717, 1.165) is 47.8 Å². The van der Waals surface area contributed by atoms with Crippen LogP contribution in [0.15, 0.2) is 79.1 Å². The molecule has 8 rings (SSSR count). The molecule has 2 N–H and O–H groups in total. The topological polar surface area (TPSA) is 147 Å². The van der Waals surface area contributed by atoms with E-state index in [4.69, 9.17) is 9.26 Å². The number of nitrogens with one attached hydrogen (secondary N) is 2. The van der Waals surface area contributed by atoms with Gasteiger partial charge in [0, 0.05) is 42.1 Å². The summed E-state index contributed by atoms with van der Waals surface area (Å²) in [5.74, 6) is -0.347. The number of rotatable bonds is 13. The molecule has 3 saturated heterocycles. The second kappa shape index (κ2) is 16.3. The molecule has 3 amide bonds. The Morgan fingerprint density at radius 1 is 1.02 bits per heavy atom. The summed E-state index contributed by atoms with van der Waals surface area (Å²) in [6.45, 7) is 5.00. The van der Waals surface area contributed by atoms with Gasteiger partial charge in [0.2, 0.25) is 11.8 Å². The molecule has 5 heterocycles. The van der Waals surface area contributed by atoms with E-state index in [2.05, 4.69) is 15.4 Å². The van der Waals surface area contributed by atoms with Gasteiger partial charge in [0.15, 0.2) is 0 Å². The Kier molecular flexibility index (Phi) is 11.3. The molecule has 2 unspecified atom stereocenters. The van der Waals surface area contributed by atoms with Gasteiger partial charge in [-0.3, -0.25) is 28.7 Å². The molecule has 5 atom stereocenters. The third-order valence-electron chi connectivity index (χ3n) is 12.0. The summed E-state index contributed by atoms with van der Waals surface area (Å²) in [6.07, 6.45) is 10.2. The van der Waals surface area contributed by atoms with Crippen molar-refractivity contribution < 1.29 is 33.0 Å². The fourth-order valence-corrected chi connectivity index (χ4v) is 11.7. The number of hydrogen-bond donors (Lipinski definition) is 2. The average molecular weight is 812 g/mol. The maximum absolute atomic E-state index is 14.5. The molecule has 4 aromatic rings. The average Bonchev–Trinajstić information content (AvgIpc) is 3.61. The smallest absolute Gasteiger partial charge is 0.323 e. The number of fused-ring (bicyclic) bond motifs is 2. The molecule has 1 aliphatic carbocycles. The number of carbonyl (C=O) groups is 4. The highest BCUT2D eigenvalue weighted by molar-refractivity contribution is 7.56. The number of thiophene rings is 1. The highest BCUT2D eigenvalue weighted by Gasteiger charge is 2.53. The van der Waals surface area contributed by atoms with Crippen molar-refractivity contribution in [2.75, 3.05) is 19.7 Å². The summed E-state index contributed by atoms with van der Waals surface area (Å²) >= 11 is 1.33. The number of pyridine rings is 1. The Balaban J connectivity index is 0.971. The van der Waals surface area contributed by atoms with Gasteiger partial charge in [-0.2, -0.15) is 0 Å². The van der Waals surface area contributed by atoms with Gasteiger partial charge in [-0.15, -0.1) is 11.3 Å². The molecular weight excluding hydrogens is 762 g/mol. The Morgan fingerprint density at radius 2 is 1.82 bits per heavy atom. The highest BCUT2D eigenvalue weighted by Crippen LogP contribution is 2.55. The van der Waals surface area contributed by atoms with E-state index in [1.54, 1.807) is 43.5 Å². The van der Waals surface area contributed by atoms with Crippen molar-refractivity contribution in [3.63, 3.8) is 0 Å². The molecular formula is C43H50N5O7PS. The van der Waals surface area contributed by atoms with Crippen LogP contribution in [0.4, 0.5) is 0 Å². The lowest BCUT2D eigenvalue weighted by Gasteiger charge is -2.43. The van der Waals surface area contributed by atoms with Crippen LogP contribution in [0.5, 0.6) is 5.75 Å². The van der Waals surface area contributed by atoms with E-state index < -0.39 is 31.6 Å². The molecule has 2 aromatic heterocycles. The molecule has 12 nitrogen and oxygen atoms in total. The summed E-state index contributed by atoms with van der Waals surface area (Å²) in [6, 6.07) is 18.1. The molecule has 0 bridgehead atoms. The Bertz CT molecular complexity index is 2170. The van der Waals surface area contributed by atoms with Gasteiger partial charge in [0.25, 0.3) is 5.91 Å². The number of benzene rings is 2. The van der Waals surface area contributed by atoms with Gasteiger partial charge in [-0.1, -0.05) is 37.3 Å². The normalized spacial score (nSPS) is 23.1. The quantitative estimate of drug-likeness (QED) is 0.107. The van der Waals surface area contributed by atoms with Crippen LogP contribution in [0.25, 0.3) is 10.1 Å². The summed E-state index contributed by atoms with van der Waals surface area (Å²) in [5, 5.41) is 6.84. The van der Waals surface area contributed by atoms with Crippen LogP contribution in [-0.4, -0.2) is 82.3 Å². The zero-order chi connectivity index (χ0) is 39.7. The Labute approximate surface area is 337 Å². The van der Waals surface area contributed by atoms with Crippen molar-refractivity contribution in [2.45, 2.75) is 101 Å². The van der Waals surface area contributed by atoms with Crippen molar-refractivity contribution in [1.29, 1.82) is 0 Å². The second-order valence-corrected chi connectivity index (χ2v) is 19.4. The summed E-state index contributed by atoms with van der Waals surface area (Å²) in [4.78, 5) is 63.4. The maximum atomic E-state index is 14.5. The van der Waals surface area contributed by atoms with Crippen molar-refractivity contribution in [3.8, 4) is 5.75 Å². The van der Waals surface area contributed by atoms with E-state index in [1.807, 2.05) is 59.3 Å². The molecule has 300 valence electrons. The lowest BCUT2D eigenvalue weighted by Crippen LogP contribution is -2.60. The fraction of sp³-hybridized carbons (Fsp3) is 0.465. The SMILES string of the molecule is CCCOC(=O)[C@H](C)NP(=O)(Cc1ccc2sc(C(=O)NC3CC4(CC[C@H]5CC[C@@H](C(=O)N6CC(c7cccnc7)C6)N5C3=O)CC4)cc2c1)Oc1ccccc1. The number of esters is 1. The first-order valence-electron chi connectivity index (χ1n) is 20.1. The van der Waals surface area contributed by atoms with Gasteiger partial charge < -0.3 is 24.4 Å². The molecule has 14 heteroatoms. The van der Waals surface area contributed by atoms with Crippen LogP contribution < -0.4 is 14.9 Å². The standard InChI is InChI=1S/C43H50N5O7PS/c1-3-20-54-42(52)28(2)46-56(53,55-34-9-5-4-6-10-34)27-29-11-14-37-31(21-29)22-38(57-37)39(49)45-35-23-43(17-18-43)16-15-33-12-13-36(48(33)40(35)50)41(51)47-25-32(26-47)30-8-7-19-44-24-30/h4-11,14,19,21-22,24,28,32-33,35-36H,3,12-13,15-18,20,23,25-27H2,1-2H3,(H,45,49)(H,46,53)/t28-,33+,35?,36-,56?/m0/s1. The molecule has 3 aliphatic heterocycles. The zero-order valence-corrected chi connectivity index (χ0v) is 34.1. The largest absolute Gasteiger partial charge is 0.465 e. The van der Waals surface area contributed by atoms with Gasteiger partial charge in [-0.25, -0.2) is 5.09 Å². The number of aromatic nitrogens is 1. The Hall–Kier alpha value is -4.58. The van der Waals surface area contributed by atoms with E-state index in [1.165, 1.54) is 11.3 Å². The van der Waals surface area contributed by atoms with Crippen molar-refractivity contribution in [2.24, 2.45) is 5.41 Å². The van der Waals surface area contributed by atoms with Crippen LogP contribution in [0.1, 0.15) is 91.9 Å². The third kappa shape index (κ3) is 8.66. The fourth-order valence-electron chi connectivity index (χ4n) is 8.66. The Morgan fingerprint density at radius 3 is 2.56 bits per heavy atom. The molecule has 1 saturated carbocycles. The predicted octanol–water partition coefficient (Wildman–Crippen LogP) is 7.05. The zero-order valence-electron chi connectivity index (χ0n) is 32.4. The monoisotopic (exact) mass is 811 g/mol. The molecule has 4 aliphatic rings. The lowest BCUT2D eigenvalue weighted by molar-refractivity contribution is -0.150. The number of ether oxygens (including phenoxy) is 1. The summed E-state index contributed by atoms with van der Waals surface area (Å²) in [7, 11) is -3.68. The van der Waals surface area contributed by atoms with Crippen molar-refractivity contribution in [3.05, 3.63) is 95.1 Å². The first-order valence-corrected chi connectivity index (χ1v) is 22.8. The van der Waals surface area contributed by atoms with E-state index >= 15 is 0 Å². The minimum absolute atomic E-state index is 0.00196. The summed E-state index contributed by atoms with van der Waals surface area (Å²) in [5.41, 5.74) is 1.87. The van der Waals surface area contributed by atoms with Gasteiger partial charge in [0.05, 0.1) is 17.6 Å². The van der Waals surface area contributed by atoms with Crippen LogP contribution in [0.3, 0.4) is 0 Å². The van der Waals surface area contributed by atoms with Gasteiger partial charge >= 0.3 is 13.5 Å². The molecule has 1 spiro atoms. The first-order chi connectivity index (χ1) is 27.5. The molecule has 2 aromatic carbocycles. The van der Waals surface area contributed by atoms with Crippen LogP contribution in [0.2, 0.25) is 0 Å².